The van der Waals surface area contributed by atoms with E-state index in [9.17, 15) is 18.0 Å². The number of nitrogens with zero attached hydrogens (tertiary/aromatic N) is 2. The maximum Gasteiger partial charge on any atom is 0.416 e. The molecule has 0 saturated carbocycles. The van der Waals surface area contributed by atoms with Gasteiger partial charge in [0.2, 0.25) is 5.88 Å². The number of pyridine rings is 1. The van der Waals surface area contributed by atoms with Gasteiger partial charge in [-0.25, -0.2) is 4.98 Å². The van der Waals surface area contributed by atoms with Crippen molar-refractivity contribution in [1.82, 2.24) is 9.88 Å². The van der Waals surface area contributed by atoms with Gasteiger partial charge < -0.3 is 19.1 Å². The van der Waals surface area contributed by atoms with Crippen LogP contribution in [0.2, 0.25) is 0 Å². The summed E-state index contributed by atoms with van der Waals surface area (Å²) in [5, 5.41) is 0. The van der Waals surface area contributed by atoms with Crippen LogP contribution in [-0.4, -0.2) is 43.2 Å². The summed E-state index contributed by atoms with van der Waals surface area (Å²) in [5.74, 6) is 0.906. The first kappa shape index (κ1) is 23.4. The number of carbonyl (C=O) groups excluding carboxylic acids is 1. The smallest absolute Gasteiger partial charge is 0.416 e. The third-order valence-corrected chi connectivity index (χ3v) is 5.73. The highest BCUT2D eigenvalue weighted by Gasteiger charge is 2.35. The number of ether oxygens (including phenoxy) is 3. The summed E-state index contributed by atoms with van der Waals surface area (Å²) < 4.78 is 56.4. The Hall–Kier alpha value is -3.75. The van der Waals surface area contributed by atoms with Gasteiger partial charge in [0.25, 0.3) is 5.91 Å². The zero-order valence-corrected chi connectivity index (χ0v) is 18.6. The summed E-state index contributed by atoms with van der Waals surface area (Å²) >= 11 is 0. The summed E-state index contributed by atoms with van der Waals surface area (Å²) in [6, 6.07) is 12.7. The third-order valence-electron chi connectivity index (χ3n) is 5.73. The lowest BCUT2D eigenvalue weighted by Crippen LogP contribution is -2.42. The van der Waals surface area contributed by atoms with Crippen molar-refractivity contribution in [3.8, 4) is 17.4 Å². The highest BCUT2D eigenvalue weighted by molar-refractivity contribution is 5.95. The molecule has 1 atom stereocenters. The minimum absolute atomic E-state index is 0.0402. The number of amides is 1. The number of methoxy groups -OCH3 is 2. The molecule has 0 N–H and O–H groups in total. The predicted octanol–water partition coefficient (Wildman–Crippen LogP) is 4.94. The molecule has 0 aliphatic carbocycles. The van der Waals surface area contributed by atoms with Crippen molar-refractivity contribution >= 4 is 5.91 Å². The summed E-state index contributed by atoms with van der Waals surface area (Å²) in [6.07, 6.45) is -2.46. The molecule has 2 heterocycles. The van der Waals surface area contributed by atoms with Crippen LogP contribution in [0.5, 0.6) is 17.4 Å². The summed E-state index contributed by atoms with van der Waals surface area (Å²) in [6.45, 7) is 0.359. The van der Waals surface area contributed by atoms with Crippen LogP contribution >= 0.6 is 0 Å². The van der Waals surface area contributed by atoms with Crippen molar-refractivity contribution in [2.45, 2.75) is 18.6 Å². The molecule has 0 spiro atoms. The summed E-state index contributed by atoms with van der Waals surface area (Å²) in [4.78, 5) is 19.1. The lowest BCUT2D eigenvalue weighted by molar-refractivity contribution is -0.137. The van der Waals surface area contributed by atoms with Gasteiger partial charge in [-0.05, 0) is 53.9 Å². The van der Waals surface area contributed by atoms with Crippen molar-refractivity contribution in [3.63, 3.8) is 0 Å². The Kier molecular flexibility index (Phi) is 6.63. The van der Waals surface area contributed by atoms with E-state index in [-0.39, 0.29) is 12.2 Å². The number of hydrogen-bond donors (Lipinski definition) is 0. The van der Waals surface area contributed by atoms with Crippen LogP contribution in [0, 0.1) is 0 Å². The minimum atomic E-state index is -4.55. The van der Waals surface area contributed by atoms with Crippen molar-refractivity contribution in [1.29, 1.82) is 0 Å². The minimum Gasteiger partial charge on any atom is -0.493 e. The van der Waals surface area contributed by atoms with E-state index in [0.29, 0.717) is 30.3 Å². The maximum atomic E-state index is 13.4. The average Bonchev–Trinajstić information content (AvgIpc) is 2.86. The van der Waals surface area contributed by atoms with E-state index in [1.54, 1.807) is 30.5 Å². The molecule has 9 heteroatoms. The van der Waals surface area contributed by atoms with Gasteiger partial charge in [0.05, 0.1) is 25.8 Å². The molecule has 0 bridgehead atoms. The Bertz CT molecular complexity index is 1170. The van der Waals surface area contributed by atoms with E-state index < -0.39 is 23.7 Å². The normalized spacial score (nSPS) is 15.4. The van der Waals surface area contributed by atoms with Gasteiger partial charge in [-0.2, -0.15) is 13.2 Å². The highest BCUT2D eigenvalue weighted by Crippen LogP contribution is 2.39. The van der Waals surface area contributed by atoms with Crippen LogP contribution in [0.25, 0.3) is 0 Å². The molecule has 1 aliphatic rings. The number of benzene rings is 2. The Labute approximate surface area is 194 Å². The predicted molar refractivity (Wildman–Crippen MR) is 118 cm³/mol. The number of fused-ring (bicyclic) bond motifs is 1. The molecule has 1 amide bonds. The van der Waals surface area contributed by atoms with Crippen LogP contribution in [0.4, 0.5) is 13.2 Å². The first-order valence-electron chi connectivity index (χ1n) is 10.6. The third kappa shape index (κ3) is 4.78. The van der Waals surface area contributed by atoms with Gasteiger partial charge in [-0.3, -0.25) is 4.79 Å². The Morgan fingerprint density at radius 3 is 2.50 bits per heavy atom. The molecule has 1 aromatic heterocycles. The van der Waals surface area contributed by atoms with Crippen LogP contribution in [-0.2, 0) is 12.6 Å². The number of halogens is 3. The summed E-state index contributed by atoms with van der Waals surface area (Å²) in [5.41, 5.74) is 0.811. The van der Waals surface area contributed by atoms with Gasteiger partial charge in [-0.1, -0.05) is 12.1 Å². The maximum absolute atomic E-state index is 13.4. The molecule has 0 fully saturated rings. The first-order valence-corrected chi connectivity index (χ1v) is 10.6. The second-order valence-electron chi connectivity index (χ2n) is 7.73. The van der Waals surface area contributed by atoms with Crippen LogP contribution in [0.15, 0.2) is 60.8 Å². The standard InChI is InChI=1S/C25H23F3N2O4/c1-32-21-13-16-9-11-30(24(31)17-6-5-7-18(12-17)25(26,27)28)20(19(16)14-22(21)33-2)15-34-23-8-3-4-10-29-23/h3-8,10,12-14,20H,9,11,15H2,1-2H3. The van der Waals surface area contributed by atoms with Gasteiger partial charge in [0.15, 0.2) is 11.5 Å². The zero-order valence-electron chi connectivity index (χ0n) is 18.6. The molecule has 1 aliphatic heterocycles. The van der Waals surface area contributed by atoms with Gasteiger partial charge >= 0.3 is 6.18 Å². The SMILES string of the molecule is COc1cc2c(cc1OC)C(COc1ccccn1)N(C(=O)c1cccc(C(F)(F)F)c1)CC2. The van der Waals surface area contributed by atoms with Gasteiger partial charge in [0, 0.05) is 24.4 Å². The molecule has 34 heavy (non-hydrogen) atoms. The van der Waals surface area contributed by atoms with E-state index in [1.807, 2.05) is 6.07 Å². The van der Waals surface area contributed by atoms with Gasteiger partial charge in [-0.15, -0.1) is 0 Å². The number of alkyl halides is 3. The quantitative estimate of drug-likeness (QED) is 0.509. The Morgan fingerprint density at radius 2 is 1.82 bits per heavy atom. The van der Waals surface area contributed by atoms with Crippen LogP contribution in [0.3, 0.4) is 0 Å². The summed E-state index contributed by atoms with van der Waals surface area (Å²) in [7, 11) is 3.05. The fraction of sp³-hybridized carbons (Fsp3) is 0.280. The van der Waals surface area contributed by atoms with E-state index >= 15 is 0 Å². The van der Waals surface area contributed by atoms with E-state index in [2.05, 4.69) is 4.98 Å². The lowest BCUT2D eigenvalue weighted by Gasteiger charge is -2.37. The van der Waals surface area contributed by atoms with Crippen molar-refractivity contribution in [3.05, 3.63) is 83.0 Å². The second kappa shape index (κ2) is 9.62. The van der Waals surface area contributed by atoms with Crippen LogP contribution in [0.1, 0.15) is 33.1 Å². The number of rotatable bonds is 6. The topological polar surface area (TPSA) is 60.9 Å². The molecule has 1 unspecified atom stereocenters. The van der Waals surface area contributed by atoms with Crippen LogP contribution < -0.4 is 14.2 Å². The molecule has 2 aromatic carbocycles. The number of hydrogen-bond acceptors (Lipinski definition) is 5. The van der Waals surface area contributed by atoms with E-state index in [4.69, 9.17) is 14.2 Å². The number of aromatic nitrogens is 1. The molecular weight excluding hydrogens is 449 g/mol. The molecule has 3 aromatic rings. The first-order chi connectivity index (χ1) is 16.3. The Balaban J connectivity index is 1.72. The molecule has 6 nitrogen and oxygen atoms in total. The lowest BCUT2D eigenvalue weighted by atomic mass is 9.91. The average molecular weight is 472 g/mol. The van der Waals surface area contributed by atoms with Crippen molar-refractivity contribution < 1.29 is 32.2 Å². The van der Waals surface area contributed by atoms with Crippen molar-refractivity contribution in [2.24, 2.45) is 0 Å². The molecule has 0 radical (unpaired) electrons. The molecular formula is C25H23F3N2O4. The zero-order chi connectivity index (χ0) is 24.3. The highest BCUT2D eigenvalue weighted by atomic mass is 19.4. The second-order valence-corrected chi connectivity index (χ2v) is 7.73. The Morgan fingerprint density at radius 1 is 1.06 bits per heavy atom. The van der Waals surface area contributed by atoms with E-state index in [0.717, 1.165) is 23.3 Å². The monoisotopic (exact) mass is 472 g/mol. The van der Waals surface area contributed by atoms with E-state index in [1.165, 1.54) is 31.3 Å². The van der Waals surface area contributed by atoms with Crippen molar-refractivity contribution in [2.75, 3.05) is 27.4 Å². The largest absolute Gasteiger partial charge is 0.493 e. The molecule has 178 valence electrons. The number of carbonyl (C=O) groups is 1. The fourth-order valence-corrected chi connectivity index (χ4v) is 4.04. The molecule has 0 saturated heterocycles. The molecule has 4 rings (SSSR count). The van der Waals surface area contributed by atoms with Gasteiger partial charge in [0.1, 0.15) is 6.61 Å². The fourth-order valence-electron chi connectivity index (χ4n) is 4.04.